The van der Waals surface area contributed by atoms with Gasteiger partial charge < -0.3 is 14.2 Å². The number of fused-ring (bicyclic) bond motifs is 3. The van der Waals surface area contributed by atoms with Crippen LogP contribution in [-0.2, 0) is 0 Å². The molecule has 3 heterocycles. The topological polar surface area (TPSA) is 98.5 Å². The van der Waals surface area contributed by atoms with Gasteiger partial charge in [0.05, 0.1) is 23.6 Å². The molecule has 140 valence electrons. The summed E-state index contributed by atoms with van der Waals surface area (Å²) in [6, 6.07) is 4.10. The summed E-state index contributed by atoms with van der Waals surface area (Å²) >= 11 is 0. The summed E-state index contributed by atoms with van der Waals surface area (Å²) < 4.78 is 22.1. The Balaban J connectivity index is 2.05. The van der Waals surface area contributed by atoms with E-state index in [4.69, 9.17) is 4.52 Å². The molecule has 0 aliphatic carbocycles. The van der Waals surface area contributed by atoms with Crippen LogP contribution in [0.4, 0.5) is 4.39 Å². The molecule has 9 heteroatoms. The van der Waals surface area contributed by atoms with Crippen LogP contribution in [0.5, 0.6) is 0 Å². The van der Waals surface area contributed by atoms with Crippen molar-refractivity contribution in [2.75, 3.05) is 6.61 Å². The van der Waals surface area contributed by atoms with E-state index in [0.717, 1.165) is 0 Å². The van der Waals surface area contributed by atoms with Crippen molar-refractivity contribution in [3.05, 3.63) is 46.6 Å². The van der Waals surface area contributed by atoms with Crippen molar-refractivity contribution in [3.63, 3.8) is 0 Å². The Kier molecular flexibility index (Phi) is 4.03. The fraction of sp³-hybridized carbons (Fsp3) is 0.333. The number of aliphatic hydroxyl groups excluding tert-OH is 1. The van der Waals surface area contributed by atoms with Crippen molar-refractivity contribution < 1.29 is 14.0 Å². The van der Waals surface area contributed by atoms with E-state index < -0.39 is 5.82 Å². The summed E-state index contributed by atoms with van der Waals surface area (Å²) in [5.74, 6) is -0.310. The second-order valence-electron chi connectivity index (χ2n) is 6.75. The minimum atomic E-state index is -0.420. The van der Waals surface area contributed by atoms with Crippen LogP contribution in [0.3, 0.4) is 0 Å². The van der Waals surface area contributed by atoms with Crippen LogP contribution < -0.4 is 5.56 Å². The highest BCUT2D eigenvalue weighted by Gasteiger charge is 2.22. The Morgan fingerprint density at radius 2 is 2.04 bits per heavy atom. The number of benzene rings is 1. The van der Waals surface area contributed by atoms with Gasteiger partial charge in [-0.25, -0.2) is 9.37 Å². The van der Waals surface area contributed by atoms with E-state index in [1.54, 1.807) is 17.4 Å². The zero-order valence-electron chi connectivity index (χ0n) is 15.0. The Morgan fingerprint density at radius 3 is 2.74 bits per heavy atom. The monoisotopic (exact) mass is 371 g/mol. The van der Waals surface area contributed by atoms with Crippen molar-refractivity contribution >= 4 is 16.6 Å². The standard InChI is InChI=1S/C18H18FN5O3/c1-9(2)24-13-6-11(19)4-5-12(13)23-8-20-14(15(23)18(24)26)16-21-17(27-22-16)10(3)7-25/h4-6,8-10,25H,7H2,1-3H3. The molecule has 1 aromatic carbocycles. The molecule has 1 atom stereocenters. The largest absolute Gasteiger partial charge is 0.396 e. The third-order valence-electron chi connectivity index (χ3n) is 4.51. The maximum absolute atomic E-state index is 13.8. The zero-order valence-corrected chi connectivity index (χ0v) is 15.0. The lowest BCUT2D eigenvalue weighted by atomic mass is 10.2. The Hall–Kier alpha value is -3.07. The molecular weight excluding hydrogens is 353 g/mol. The molecule has 0 saturated carbocycles. The third-order valence-corrected chi connectivity index (χ3v) is 4.51. The van der Waals surface area contributed by atoms with E-state index >= 15 is 0 Å². The summed E-state index contributed by atoms with van der Waals surface area (Å²) in [7, 11) is 0. The van der Waals surface area contributed by atoms with Gasteiger partial charge in [0.2, 0.25) is 11.7 Å². The molecule has 1 unspecified atom stereocenters. The molecule has 0 fully saturated rings. The maximum Gasteiger partial charge on any atom is 0.278 e. The summed E-state index contributed by atoms with van der Waals surface area (Å²) in [5.41, 5.74) is 1.37. The van der Waals surface area contributed by atoms with E-state index in [1.807, 2.05) is 13.8 Å². The number of aromatic nitrogens is 5. The van der Waals surface area contributed by atoms with Crippen molar-refractivity contribution in [1.29, 1.82) is 0 Å². The van der Waals surface area contributed by atoms with Crippen molar-refractivity contribution in [2.24, 2.45) is 0 Å². The predicted molar refractivity (Wildman–Crippen MR) is 96.1 cm³/mol. The summed E-state index contributed by atoms with van der Waals surface area (Å²) in [5, 5.41) is 13.2. The predicted octanol–water partition coefficient (Wildman–Crippen LogP) is 2.52. The molecule has 4 rings (SSSR count). The first kappa shape index (κ1) is 17.3. The van der Waals surface area contributed by atoms with Crippen LogP contribution in [0, 0.1) is 5.82 Å². The lowest BCUT2D eigenvalue weighted by Gasteiger charge is -2.15. The van der Waals surface area contributed by atoms with Crippen LogP contribution >= 0.6 is 0 Å². The van der Waals surface area contributed by atoms with Crippen LogP contribution in [0.15, 0.2) is 33.8 Å². The van der Waals surface area contributed by atoms with Crippen LogP contribution in [0.25, 0.3) is 28.1 Å². The van der Waals surface area contributed by atoms with Gasteiger partial charge in [0.1, 0.15) is 23.4 Å². The van der Waals surface area contributed by atoms with Gasteiger partial charge in [0.15, 0.2) is 0 Å². The first-order valence-corrected chi connectivity index (χ1v) is 8.58. The fourth-order valence-electron chi connectivity index (χ4n) is 3.14. The number of nitrogens with zero attached hydrogens (tertiary/aromatic N) is 5. The number of aliphatic hydroxyl groups is 1. The van der Waals surface area contributed by atoms with Gasteiger partial charge in [-0.15, -0.1) is 0 Å². The molecule has 0 radical (unpaired) electrons. The number of hydrogen-bond acceptors (Lipinski definition) is 6. The lowest BCUT2D eigenvalue weighted by Crippen LogP contribution is -2.24. The Bertz CT molecular complexity index is 1210. The normalized spacial score (nSPS) is 13.1. The van der Waals surface area contributed by atoms with Crippen molar-refractivity contribution in [2.45, 2.75) is 32.7 Å². The fourth-order valence-corrected chi connectivity index (χ4v) is 3.14. The van der Waals surface area contributed by atoms with Crippen molar-refractivity contribution in [3.8, 4) is 11.5 Å². The molecule has 0 amide bonds. The summed E-state index contributed by atoms with van der Waals surface area (Å²) in [6.45, 7) is 5.32. The zero-order chi connectivity index (χ0) is 19.3. The SMILES string of the molecule is CC(CO)c1nc(-c2ncn3c2c(=O)n(C(C)C)c2cc(F)ccc23)no1. The van der Waals surface area contributed by atoms with E-state index in [2.05, 4.69) is 15.1 Å². The number of halogens is 1. The molecular formula is C18H18FN5O3. The van der Waals surface area contributed by atoms with Crippen LogP contribution in [0.1, 0.15) is 38.6 Å². The van der Waals surface area contributed by atoms with Gasteiger partial charge in [-0.1, -0.05) is 12.1 Å². The second-order valence-corrected chi connectivity index (χ2v) is 6.75. The Morgan fingerprint density at radius 1 is 1.26 bits per heavy atom. The lowest BCUT2D eigenvalue weighted by molar-refractivity contribution is 0.242. The van der Waals surface area contributed by atoms with Crippen molar-refractivity contribution in [1.82, 2.24) is 24.1 Å². The molecule has 3 aromatic heterocycles. The maximum atomic E-state index is 13.8. The first-order valence-electron chi connectivity index (χ1n) is 8.58. The number of imidazole rings is 1. The van der Waals surface area contributed by atoms with Crippen LogP contribution in [-0.4, -0.2) is 35.8 Å². The molecule has 8 nitrogen and oxygen atoms in total. The number of hydrogen-bond donors (Lipinski definition) is 1. The molecule has 0 spiro atoms. The summed E-state index contributed by atoms with van der Waals surface area (Å²) in [6.07, 6.45) is 1.49. The molecule has 1 N–H and O–H groups in total. The number of rotatable bonds is 4. The Labute approximate surface area is 152 Å². The van der Waals surface area contributed by atoms with E-state index in [0.29, 0.717) is 11.0 Å². The third kappa shape index (κ3) is 2.62. The molecule has 27 heavy (non-hydrogen) atoms. The van der Waals surface area contributed by atoms with E-state index in [1.165, 1.54) is 23.0 Å². The molecule has 0 saturated heterocycles. The highest BCUT2D eigenvalue weighted by Crippen LogP contribution is 2.25. The van der Waals surface area contributed by atoms with Gasteiger partial charge in [0.25, 0.3) is 5.56 Å². The first-order chi connectivity index (χ1) is 12.9. The minimum absolute atomic E-state index is 0.137. The van der Waals surface area contributed by atoms with E-state index in [9.17, 15) is 14.3 Å². The van der Waals surface area contributed by atoms with Gasteiger partial charge in [0, 0.05) is 6.04 Å². The summed E-state index contributed by atoms with van der Waals surface area (Å²) in [4.78, 5) is 21.8. The minimum Gasteiger partial charge on any atom is -0.396 e. The smallest absolute Gasteiger partial charge is 0.278 e. The second kappa shape index (κ2) is 6.27. The molecule has 4 aromatic rings. The van der Waals surface area contributed by atoms with E-state index in [-0.39, 0.29) is 47.1 Å². The average Bonchev–Trinajstić information content (AvgIpc) is 3.27. The molecule has 0 bridgehead atoms. The quantitative estimate of drug-likeness (QED) is 0.592. The average molecular weight is 371 g/mol. The molecule has 0 aliphatic rings. The van der Waals surface area contributed by atoms with Gasteiger partial charge in [-0.05, 0) is 32.0 Å². The van der Waals surface area contributed by atoms with Crippen LogP contribution in [0.2, 0.25) is 0 Å². The highest BCUT2D eigenvalue weighted by atomic mass is 19.1. The van der Waals surface area contributed by atoms with Gasteiger partial charge in [-0.3, -0.25) is 9.20 Å². The van der Waals surface area contributed by atoms with Gasteiger partial charge in [-0.2, -0.15) is 4.98 Å². The molecule has 0 aliphatic heterocycles. The highest BCUT2D eigenvalue weighted by molar-refractivity contribution is 5.83. The van der Waals surface area contributed by atoms with Gasteiger partial charge >= 0.3 is 0 Å².